The Labute approximate surface area is 206 Å². The van der Waals surface area contributed by atoms with E-state index in [9.17, 15) is 14.4 Å². The second-order valence-corrected chi connectivity index (χ2v) is 9.46. The number of benzene rings is 2. The van der Waals surface area contributed by atoms with Crippen LogP contribution in [0.1, 0.15) is 35.7 Å². The van der Waals surface area contributed by atoms with E-state index in [4.69, 9.17) is 0 Å². The first-order valence-electron chi connectivity index (χ1n) is 11.9. The normalized spacial score (nSPS) is 22.6. The number of hydrogen-bond donors (Lipinski definition) is 1. The third-order valence-electron chi connectivity index (χ3n) is 7.47. The molecule has 0 unspecified atom stereocenters. The molecule has 2 aromatic carbocycles. The molecule has 0 spiro atoms. The smallest absolute Gasteiger partial charge is 0.256 e. The maximum absolute atomic E-state index is 14.0. The van der Waals surface area contributed by atoms with Gasteiger partial charge in [0.25, 0.3) is 5.91 Å². The summed E-state index contributed by atoms with van der Waals surface area (Å²) in [7, 11) is 0. The van der Waals surface area contributed by atoms with Gasteiger partial charge in [-0.25, -0.2) is 9.37 Å². The van der Waals surface area contributed by atoms with E-state index in [1.165, 1.54) is 16.9 Å². The van der Waals surface area contributed by atoms with Crippen molar-refractivity contribution in [2.45, 2.75) is 31.8 Å². The van der Waals surface area contributed by atoms with Crippen LogP contribution in [0.15, 0.2) is 55.0 Å². The Morgan fingerprint density at radius 2 is 1.97 bits per heavy atom. The molecule has 7 rings (SSSR count). The number of piperidine rings is 2. The second-order valence-electron chi connectivity index (χ2n) is 9.46. The summed E-state index contributed by atoms with van der Waals surface area (Å²) < 4.78 is 13.5. The molecule has 1 aliphatic carbocycles. The molecular formula is C26H23FN8O. The molecule has 36 heavy (non-hydrogen) atoms. The fourth-order valence-corrected chi connectivity index (χ4v) is 5.43. The SMILES string of the molecule is C[C@@H]1C2CC(C2)N(C(=O)c2cc(C#N)ccc2-n2nccn2)[C@@H]1CNc1cnc2cc(F)ccc2n1. The van der Waals surface area contributed by atoms with Crippen LogP contribution in [0.3, 0.4) is 0 Å². The number of fused-ring (bicyclic) bond motifs is 3. The number of nitrogens with zero attached hydrogens (tertiary/aromatic N) is 7. The van der Waals surface area contributed by atoms with Crippen LogP contribution in [0.25, 0.3) is 16.7 Å². The van der Waals surface area contributed by atoms with Crippen molar-refractivity contribution in [2.75, 3.05) is 11.9 Å². The van der Waals surface area contributed by atoms with Gasteiger partial charge in [0, 0.05) is 18.7 Å². The van der Waals surface area contributed by atoms with E-state index in [1.54, 1.807) is 42.9 Å². The number of nitrogens with one attached hydrogen (secondary N) is 1. The summed E-state index contributed by atoms with van der Waals surface area (Å²) in [6.07, 6.45) is 6.63. The first-order chi connectivity index (χ1) is 17.5. The number of aromatic nitrogens is 5. The zero-order valence-corrected chi connectivity index (χ0v) is 19.5. The van der Waals surface area contributed by atoms with E-state index < -0.39 is 0 Å². The Morgan fingerprint density at radius 3 is 2.75 bits per heavy atom. The van der Waals surface area contributed by atoms with Crippen LogP contribution in [-0.2, 0) is 0 Å². The highest BCUT2D eigenvalue weighted by molar-refractivity contribution is 5.98. The molecule has 4 heterocycles. The highest BCUT2D eigenvalue weighted by atomic mass is 19.1. The summed E-state index contributed by atoms with van der Waals surface area (Å²) in [5.74, 6) is 0.919. The fraction of sp³-hybridized carbons (Fsp3) is 0.308. The van der Waals surface area contributed by atoms with Gasteiger partial charge in [-0.05, 0) is 55.0 Å². The lowest BCUT2D eigenvalue weighted by atomic mass is 9.64. The van der Waals surface area contributed by atoms with Crippen molar-refractivity contribution in [1.29, 1.82) is 5.26 Å². The van der Waals surface area contributed by atoms with Gasteiger partial charge < -0.3 is 10.2 Å². The van der Waals surface area contributed by atoms with Crippen LogP contribution in [0.5, 0.6) is 0 Å². The van der Waals surface area contributed by atoms with Crippen LogP contribution < -0.4 is 5.32 Å². The highest BCUT2D eigenvalue weighted by Crippen LogP contribution is 2.47. The standard InChI is InChI=1S/C26H23FN8O/c1-15-17-9-19(10-17)34(24(15)13-30-25-14-29-22-11-18(27)3-4-21(22)33-25)26(36)20-8-16(12-28)2-5-23(20)35-31-6-7-32-35/h2-8,11,14-15,17,19,24H,9-10,13H2,1H3,(H,30,33)/t15-,17?,19?,24-/m1/s1. The van der Waals surface area contributed by atoms with E-state index >= 15 is 0 Å². The summed E-state index contributed by atoms with van der Waals surface area (Å²) in [4.78, 5) is 26.3. The first-order valence-corrected chi connectivity index (χ1v) is 11.9. The first kappa shape index (κ1) is 22.1. The molecule has 1 N–H and O–H groups in total. The molecular weight excluding hydrogens is 459 g/mol. The van der Waals surface area contributed by atoms with Crippen LogP contribution >= 0.6 is 0 Å². The van der Waals surface area contributed by atoms with Gasteiger partial charge in [0.1, 0.15) is 11.6 Å². The minimum absolute atomic E-state index is 0.0788. The lowest BCUT2D eigenvalue weighted by Gasteiger charge is -2.57. The summed E-state index contributed by atoms with van der Waals surface area (Å²) in [5, 5.41) is 21.2. The molecule has 2 saturated heterocycles. The summed E-state index contributed by atoms with van der Waals surface area (Å²) in [6.45, 7) is 2.68. The van der Waals surface area contributed by atoms with Gasteiger partial charge in [-0.3, -0.25) is 9.78 Å². The zero-order chi connectivity index (χ0) is 24.8. The number of rotatable bonds is 5. The Bertz CT molecular complexity index is 1490. The summed E-state index contributed by atoms with van der Waals surface area (Å²) in [5.41, 5.74) is 2.43. The van der Waals surface area contributed by atoms with Crippen molar-refractivity contribution in [1.82, 2.24) is 29.9 Å². The average molecular weight is 483 g/mol. The van der Waals surface area contributed by atoms with Gasteiger partial charge in [0.15, 0.2) is 0 Å². The molecule has 1 saturated carbocycles. The monoisotopic (exact) mass is 482 g/mol. The van der Waals surface area contributed by atoms with E-state index in [-0.39, 0.29) is 29.7 Å². The number of hydrogen-bond acceptors (Lipinski definition) is 7. The third-order valence-corrected chi connectivity index (χ3v) is 7.47. The quantitative estimate of drug-likeness (QED) is 0.463. The minimum Gasteiger partial charge on any atom is -0.367 e. The number of anilines is 1. The van der Waals surface area contributed by atoms with E-state index in [1.807, 2.05) is 4.90 Å². The molecule has 2 aliphatic heterocycles. The number of halogens is 1. The Kier molecular flexibility index (Phi) is 5.33. The molecule has 2 aromatic heterocycles. The van der Waals surface area contributed by atoms with E-state index in [0.29, 0.717) is 46.1 Å². The molecule has 0 radical (unpaired) electrons. The molecule has 180 valence electrons. The van der Waals surface area contributed by atoms with Crippen molar-refractivity contribution in [3.05, 3.63) is 71.9 Å². The van der Waals surface area contributed by atoms with Gasteiger partial charge in [-0.15, -0.1) is 0 Å². The molecule has 3 aliphatic rings. The van der Waals surface area contributed by atoms with Crippen molar-refractivity contribution in [2.24, 2.45) is 11.8 Å². The maximum Gasteiger partial charge on any atom is 0.256 e. The molecule has 1 amide bonds. The largest absolute Gasteiger partial charge is 0.367 e. The van der Waals surface area contributed by atoms with Crippen LogP contribution in [0, 0.1) is 29.0 Å². The van der Waals surface area contributed by atoms with E-state index in [0.717, 1.165) is 12.8 Å². The molecule has 4 aromatic rings. The van der Waals surface area contributed by atoms with E-state index in [2.05, 4.69) is 38.5 Å². The average Bonchev–Trinajstić information content (AvgIpc) is 3.41. The Morgan fingerprint density at radius 1 is 1.17 bits per heavy atom. The zero-order valence-electron chi connectivity index (χ0n) is 19.5. The number of carbonyl (C=O) groups excluding carboxylic acids is 1. The molecule has 2 atom stereocenters. The van der Waals surface area contributed by atoms with Crippen molar-refractivity contribution < 1.29 is 9.18 Å². The summed E-state index contributed by atoms with van der Waals surface area (Å²) in [6, 6.07) is 11.5. The van der Waals surface area contributed by atoms with Crippen LogP contribution in [0.2, 0.25) is 0 Å². The fourth-order valence-electron chi connectivity index (χ4n) is 5.43. The van der Waals surface area contributed by atoms with Gasteiger partial charge in [-0.2, -0.15) is 20.3 Å². The molecule has 9 nitrogen and oxygen atoms in total. The predicted octanol–water partition coefficient (Wildman–Crippen LogP) is 3.57. The Hall–Kier alpha value is -4.39. The highest BCUT2D eigenvalue weighted by Gasteiger charge is 2.50. The van der Waals surface area contributed by atoms with Crippen LogP contribution in [0.4, 0.5) is 10.2 Å². The maximum atomic E-state index is 14.0. The predicted molar refractivity (Wildman–Crippen MR) is 130 cm³/mol. The molecule has 3 fully saturated rings. The second kappa shape index (κ2) is 8.68. The molecule has 2 bridgehead atoms. The molecule has 10 heteroatoms. The number of carbonyl (C=O) groups is 1. The third kappa shape index (κ3) is 3.73. The van der Waals surface area contributed by atoms with Crippen molar-refractivity contribution in [3.63, 3.8) is 0 Å². The van der Waals surface area contributed by atoms with Gasteiger partial charge >= 0.3 is 0 Å². The van der Waals surface area contributed by atoms with Gasteiger partial charge in [0.2, 0.25) is 0 Å². The lowest BCUT2D eigenvalue weighted by Crippen LogP contribution is -2.64. The van der Waals surface area contributed by atoms with Gasteiger partial charge in [0.05, 0.1) is 58.5 Å². The van der Waals surface area contributed by atoms with Gasteiger partial charge in [-0.1, -0.05) is 6.92 Å². The number of amides is 1. The summed E-state index contributed by atoms with van der Waals surface area (Å²) >= 11 is 0. The lowest BCUT2D eigenvalue weighted by molar-refractivity contribution is -0.0502. The Balaban J connectivity index is 1.30. The topological polar surface area (TPSA) is 113 Å². The van der Waals surface area contributed by atoms with Crippen molar-refractivity contribution >= 4 is 22.8 Å². The van der Waals surface area contributed by atoms with Crippen LogP contribution in [-0.4, -0.2) is 54.4 Å². The minimum atomic E-state index is -0.355. The number of nitriles is 1. The van der Waals surface area contributed by atoms with Crippen molar-refractivity contribution in [3.8, 4) is 11.8 Å².